The van der Waals surface area contributed by atoms with Crippen molar-refractivity contribution < 1.29 is 9.90 Å². The van der Waals surface area contributed by atoms with Crippen LogP contribution in [0.3, 0.4) is 0 Å². The zero-order chi connectivity index (χ0) is 22.1. The Morgan fingerprint density at radius 2 is 1.90 bits per heavy atom. The Bertz CT molecular complexity index is 986. The number of carbonyl (C=O) groups is 1. The van der Waals surface area contributed by atoms with E-state index in [-0.39, 0.29) is 16.9 Å². The fraction of sp³-hybridized carbons (Fsp3) is 0.704. The summed E-state index contributed by atoms with van der Waals surface area (Å²) in [5.41, 5.74) is 5.85. The number of Topliss-reactive ketones (excluding diaryl/α,β-unsaturated/α-hetero) is 1. The van der Waals surface area contributed by atoms with Crippen LogP contribution in [-0.4, -0.2) is 26.8 Å². The molecule has 168 valence electrons. The van der Waals surface area contributed by atoms with Crippen LogP contribution in [0.1, 0.15) is 82.7 Å². The smallest absolute Gasteiger partial charge is 0.165 e. The standard InChI is InChI=1S/C27H38N2O2/c1-6-29-17(3)22(16(2)28-29)13-18-14-24-21-8-7-19-15-20(30)9-11-26(19,4)23(21)10-12-27(24,5)25(18)31/h7,13,20-21,23-24,30H,6,8-12,14-15H2,1-5H3/b18-13-. The highest BCUT2D eigenvalue weighted by Crippen LogP contribution is 2.64. The van der Waals surface area contributed by atoms with E-state index in [1.165, 1.54) is 5.57 Å². The highest BCUT2D eigenvalue weighted by Gasteiger charge is 2.59. The Hall–Kier alpha value is -1.68. The first-order valence-electron chi connectivity index (χ1n) is 12.4. The van der Waals surface area contributed by atoms with Gasteiger partial charge in [-0.2, -0.15) is 5.10 Å². The number of ketones is 1. The number of aryl methyl sites for hydroxylation is 2. The van der Waals surface area contributed by atoms with E-state index in [2.05, 4.69) is 51.9 Å². The lowest BCUT2D eigenvalue weighted by Gasteiger charge is -2.56. The average Bonchev–Trinajstić information content (AvgIpc) is 3.16. The third kappa shape index (κ3) is 2.97. The van der Waals surface area contributed by atoms with E-state index < -0.39 is 0 Å². The second-order valence-corrected chi connectivity index (χ2v) is 11.2. The van der Waals surface area contributed by atoms with Gasteiger partial charge in [-0.1, -0.05) is 25.5 Å². The first kappa shape index (κ1) is 21.2. The van der Waals surface area contributed by atoms with Crippen molar-refractivity contribution in [1.82, 2.24) is 9.78 Å². The van der Waals surface area contributed by atoms with Crippen molar-refractivity contribution in [2.24, 2.45) is 28.6 Å². The third-order valence-corrected chi connectivity index (χ3v) is 9.77. The normalized spacial score (nSPS) is 41.0. The molecule has 31 heavy (non-hydrogen) atoms. The van der Waals surface area contributed by atoms with Crippen LogP contribution >= 0.6 is 0 Å². The van der Waals surface area contributed by atoms with Gasteiger partial charge in [0, 0.05) is 23.2 Å². The molecule has 6 atom stereocenters. The summed E-state index contributed by atoms with van der Waals surface area (Å²) in [5.74, 6) is 2.06. The molecule has 0 amide bonds. The molecule has 0 bridgehead atoms. The van der Waals surface area contributed by atoms with Crippen LogP contribution in [0.4, 0.5) is 0 Å². The Morgan fingerprint density at radius 1 is 1.16 bits per heavy atom. The molecule has 4 heteroatoms. The number of aliphatic hydroxyl groups excluding tert-OH is 1. The SMILES string of the molecule is CCn1nc(C)c(/C=C2/CC3C4CC=C5CC(O)CCC5(C)C4CCC3(C)C2=O)c1C. The van der Waals surface area contributed by atoms with E-state index in [4.69, 9.17) is 0 Å². The maximum Gasteiger partial charge on any atom is 0.165 e. The molecule has 6 unspecified atom stereocenters. The zero-order valence-corrected chi connectivity index (χ0v) is 19.9. The number of aromatic nitrogens is 2. The van der Waals surface area contributed by atoms with E-state index in [9.17, 15) is 9.90 Å². The van der Waals surface area contributed by atoms with Gasteiger partial charge in [0.2, 0.25) is 0 Å². The third-order valence-electron chi connectivity index (χ3n) is 9.77. The van der Waals surface area contributed by atoms with Gasteiger partial charge >= 0.3 is 0 Å². The monoisotopic (exact) mass is 422 g/mol. The summed E-state index contributed by atoms with van der Waals surface area (Å²) < 4.78 is 2.04. The van der Waals surface area contributed by atoms with Crippen LogP contribution in [-0.2, 0) is 11.3 Å². The number of nitrogens with zero attached hydrogens (tertiary/aromatic N) is 2. The maximum atomic E-state index is 13.7. The number of hydrogen-bond donors (Lipinski definition) is 1. The Kier molecular flexibility index (Phi) is 4.89. The molecule has 0 aromatic carbocycles. The summed E-state index contributed by atoms with van der Waals surface area (Å²) in [6, 6.07) is 0. The number of aliphatic hydroxyl groups is 1. The minimum atomic E-state index is -0.217. The average molecular weight is 423 g/mol. The summed E-state index contributed by atoms with van der Waals surface area (Å²) in [6.07, 6.45) is 11.5. The Morgan fingerprint density at radius 3 is 2.61 bits per heavy atom. The van der Waals surface area contributed by atoms with Crippen LogP contribution in [0.5, 0.6) is 0 Å². The predicted octanol–water partition coefficient (Wildman–Crippen LogP) is 5.41. The van der Waals surface area contributed by atoms with Gasteiger partial charge in [0.05, 0.1) is 11.8 Å². The molecular weight excluding hydrogens is 384 g/mol. The molecule has 4 aliphatic carbocycles. The minimum Gasteiger partial charge on any atom is -0.393 e. The predicted molar refractivity (Wildman–Crippen MR) is 123 cm³/mol. The van der Waals surface area contributed by atoms with Gasteiger partial charge in [0.15, 0.2) is 5.78 Å². The molecule has 4 aliphatic rings. The van der Waals surface area contributed by atoms with Crippen molar-refractivity contribution in [3.05, 3.63) is 34.2 Å². The van der Waals surface area contributed by atoms with Crippen molar-refractivity contribution in [1.29, 1.82) is 0 Å². The van der Waals surface area contributed by atoms with Crippen molar-refractivity contribution in [2.45, 2.75) is 92.2 Å². The van der Waals surface area contributed by atoms with E-state index in [0.717, 1.165) is 74.0 Å². The van der Waals surface area contributed by atoms with Gasteiger partial charge in [-0.25, -0.2) is 0 Å². The molecule has 0 radical (unpaired) electrons. The lowest BCUT2D eigenvalue weighted by Crippen LogP contribution is -2.50. The molecule has 1 heterocycles. The summed E-state index contributed by atoms with van der Waals surface area (Å²) in [5, 5.41) is 14.9. The second kappa shape index (κ2) is 7.16. The van der Waals surface area contributed by atoms with Crippen LogP contribution in [0.15, 0.2) is 17.2 Å². The second-order valence-electron chi connectivity index (χ2n) is 11.2. The van der Waals surface area contributed by atoms with Crippen LogP contribution in [0.2, 0.25) is 0 Å². The van der Waals surface area contributed by atoms with Gasteiger partial charge in [-0.05, 0) is 101 Å². The Balaban J connectivity index is 1.49. The molecule has 0 aliphatic heterocycles. The number of fused-ring (bicyclic) bond motifs is 5. The van der Waals surface area contributed by atoms with Gasteiger partial charge in [-0.15, -0.1) is 0 Å². The van der Waals surface area contributed by atoms with Crippen LogP contribution < -0.4 is 0 Å². The fourth-order valence-electron chi connectivity index (χ4n) is 7.84. The van der Waals surface area contributed by atoms with E-state index in [0.29, 0.717) is 23.5 Å². The van der Waals surface area contributed by atoms with Gasteiger partial charge in [0.25, 0.3) is 0 Å². The number of carbonyl (C=O) groups excluding carboxylic acids is 1. The van der Waals surface area contributed by atoms with Crippen molar-refractivity contribution in [3.63, 3.8) is 0 Å². The molecular formula is C27H38N2O2. The molecule has 1 aromatic heterocycles. The van der Waals surface area contributed by atoms with Crippen molar-refractivity contribution in [2.75, 3.05) is 0 Å². The highest BCUT2D eigenvalue weighted by atomic mass is 16.3. The van der Waals surface area contributed by atoms with Crippen LogP contribution in [0, 0.1) is 42.4 Å². The minimum absolute atomic E-state index is 0.164. The number of hydrogen-bond acceptors (Lipinski definition) is 3. The van der Waals surface area contributed by atoms with Gasteiger partial charge in [0.1, 0.15) is 0 Å². The Labute approximate surface area is 186 Å². The molecule has 1 N–H and O–H groups in total. The first-order chi connectivity index (χ1) is 14.7. The summed E-state index contributed by atoms with van der Waals surface area (Å²) >= 11 is 0. The lowest BCUT2D eigenvalue weighted by molar-refractivity contribution is -0.130. The summed E-state index contributed by atoms with van der Waals surface area (Å²) in [7, 11) is 0. The lowest BCUT2D eigenvalue weighted by atomic mass is 9.48. The topological polar surface area (TPSA) is 55.1 Å². The number of rotatable bonds is 2. The van der Waals surface area contributed by atoms with Crippen LogP contribution in [0.25, 0.3) is 6.08 Å². The zero-order valence-electron chi connectivity index (χ0n) is 19.9. The summed E-state index contributed by atoms with van der Waals surface area (Å²) in [4.78, 5) is 13.7. The molecule has 1 aromatic rings. The van der Waals surface area contributed by atoms with Gasteiger partial charge in [-0.3, -0.25) is 9.48 Å². The molecule has 0 spiro atoms. The van der Waals surface area contributed by atoms with E-state index in [1.807, 2.05) is 4.68 Å². The first-order valence-corrected chi connectivity index (χ1v) is 12.4. The largest absolute Gasteiger partial charge is 0.393 e. The van der Waals surface area contributed by atoms with Crippen molar-refractivity contribution >= 4 is 11.9 Å². The van der Waals surface area contributed by atoms with E-state index >= 15 is 0 Å². The molecule has 3 fully saturated rings. The summed E-state index contributed by atoms with van der Waals surface area (Å²) in [6.45, 7) is 11.8. The molecule has 3 saturated carbocycles. The fourth-order valence-corrected chi connectivity index (χ4v) is 7.84. The number of allylic oxidation sites excluding steroid dienone is 2. The molecule has 5 rings (SSSR count). The van der Waals surface area contributed by atoms with Gasteiger partial charge < -0.3 is 5.11 Å². The highest BCUT2D eigenvalue weighted by molar-refractivity contribution is 6.06. The molecule has 0 saturated heterocycles. The van der Waals surface area contributed by atoms with E-state index in [1.54, 1.807) is 0 Å². The molecule has 4 nitrogen and oxygen atoms in total. The quantitative estimate of drug-likeness (QED) is 0.512. The van der Waals surface area contributed by atoms with Crippen molar-refractivity contribution in [3.8, 4) is 0 Å². The maximum absolute atomic E-state index is 13.7.